The molecule has 0 aliphatic carbocycles. The molecule has 0 amide bonds. The maximum absolute atomic E-state index is 12.8. The number of aryl methyl sites for hydroxylation is 1. The van der Waals surface area contributed by atoms with Crippen molar-refractivity contribution in [3.8, 4) is 11.4 Å². The van der Waals surface area contributed by atoms with Gasteiger partial charge in [-0.25, -0.2) is 9.37 Å². The van der Waals surface area contributed by atoms with Crippen LogP contribution in [0.25, 0.3) is 22.4 Å². The van der Waals surface area contributed by atoms with Crippen molar-refractivity contribution in [3.05, 3.63) is 63.3 Å². The van der Waals surface area contributed by atoms with Crippen LogP contribution in [0.5, 0.6) is 0 Å². The van der Waals surface area contributed by atoms with E-state index in [0.717, 1.165) is 42.5 Å². The van der Waals surface area contributed by atoms with Crippen LogP contribution in [0.2, 0.25) is 5.02 Å². The number of pyridine rings is 1. The number of rotatable bonds is 8. The minimum Gasteiger partial charge on any atom is -0.382 e. The molecule has 4 aromatic rings. The molecule has 0 spiro atoms. The Kier molecular flexibility index (Phi) is 6.88. The predicted octanol–water partition coefficient (Wildman–Crippen LogP) is 4.34. The van der Waals surface area contributed by atoms with Gasteiger partial charge in [-0.15, -0.1) is 0 Å². The molecule has 1 aliphatic rings. The summed E-state index contributed by atoms with van der Waals surface area (Å²) in [5.41, 5.74) is 5.08. The van der Waals surface area contributed by atoms with Gasteiger partial charge in [0, 0.05) is 25.5 Å². The highest BCUT2D eigenvalue weighted by Crippen LogP contribution is 2.32. The number of hydrogen-bond acceptors (Lipinski definition) is 5. The molecule has 1 aromatic carbocycles. The lowest BCUT2D eigenvalue weighted by Gasteiger charge is -2.31. The Morgan fingerprint density at radius 1 is 1.26 bits per heavy atom. The number of nitrogens with zero attached hydrogens (tertiary/aromatic N) is 4. The highest BCUT2D eigenvalue weighted by Gasteiger charge is 2.22. The van der Waals surface area contributed by atoms with Crippen LogP contribution in [0.1, 0.15) is 29.9 Å². The molecule has 1 saturated heterocycles. The van der Waals surface area contributed by atoms with Crippen LogP contribution in [0.15, 0.2) is 41.6 Å². The number of imidazole rings is 1. The lowest BCUT2D eigenvalue weighted by molar-refractivity contribution is 0.197. The molecule has 3 aromatic heterocycles. The van der Waals surface area contributed by atoms with Gasteiger partial charge in [0.05, 0.1) is 34.5 Å². The highest BCUT2D eigenvalue weighted by atomic mass is 35.5. The molecular weight excluding hydrogens is 469 g/mol. The van der Waals surface area contributed by atoms with E-state index < -0.39 is 0 Å². The minimum absolute atomic E-state index is 0.214. The summed E-state index contributed by atoms with van der Waals surface area (Å²) in [6, 6.07) is 6.19. The van der Waals surface area contributed by atoms with E-state index in [9.17, 15) is 9.18 Å². The molecule has 8 nitrogen and oxygen atoms in total. The van der Waals surface area contributed by atoms with Gasteiger partial charge in [-0.2, -0.15) is 5.10 Å². The first-order valence-electron chi connectivity index (χ1n) is 11.9. The van der Waals surface area contributed by atoms with E-state index >= 15 is 0 Å². The minimum atomic E-state index is -0.292. The van der Waals surface area contributed by atoms with Crippen molar-refractivity contribution in [2.24, 2.45) is 0 Å². The normalized spacial score (nSPS) is 15.2. The summed E-state index contributed by atoms with van der Waals surface area (Å²) in [4.78, 5) is 26.0. The lowest BCUT2D eigenvalue weighted by Crippen LogP contribution is -2.34. The summed E-state index contributed by atoms with van der Waals surface area (Å²) in [5.74, 6) is 0.971. The van der Waals surface area contributed by atoms with Crippen LogP contribution >= 0.6 is 11.6 Å². The van der Waals surface area contributed by atoms with Crippen LogP contribution in [0, 0.1) is 6.92 Å². The van der Waals surface area contributed by atoms with Crippen molar-refractivity contribution in [1.29, 1.82) is 0 Å². The molecular formula is C25H29ClFN7O. The third-order valence-electron chi connectivity index (χ3n) is 6.71. The maximum Gasteiger partial charge on any atom is 0.261 e. The number of anilines is 1. The number of aromatic nitrogens is 5. The molecule has 3 N–H and O–H groups in total. The fourth-order valence-corrected chi connectivity index (χ4v) is 5.06. The molecule has 1 aliphatic heterocycles. The van der Waals surface area contributed by atoms with Crippen molar-refractivity contribution < 1.29 is 4.39 Å². The molecule has 0 atom stereocenters. The Hall–Kier alpha value is -3.17. The average Bonchev–Trinajstić information content (AvgIpc) is 3.46. The van der Waals surface area contributed by atoms with Gasteiger partial charge < -0.3 is 20.2 Å². The summed E-state index contributed by atoms with van der Waals surface area (Å²) < 4.78 is 14.4. The average molecular weight is 498 g/mol. The molecule has 5 rings (SSSR count). The number of H-pyrrole nitrogens is 2. The van der Waals surface area contributed by atoms with Crippen molar-refractivity contribution in [2.75, 3.05) is 38.2 Å². The van der Waals surface area contributed by atoms with Crippen LogP contribution in [-0.2, 0) is 6.54 Å². The molecule has 0 saturated carbocycles. The van der Waals surface area contributed by atoms with Crippen LogP contribution in [0.3, 0.4) is 0 Å². The molecule has 0 bridgehead atoms. The second-order valence-corrected chi connectivity index (χ2v) is 9.50. The summed E-state index contributed by atoms with van der Waals surface area (Å²) in [6.07, 6.45) is 7.00. The van der Waals surface area contributed by atoms with Gasteiger partial charge in [0.15, 0.2) is 0 Å². The summed E-state index contributed by atoms with van der Waals surface area (Å²) in [6.45, 7) is 5.28. The topological polar surface area (TPSA) is 94.6 Å². The molecule has 0 unspecified atom stereocenters. The zero-order valence-electron chi connectivity index (χ0n) is 19.7. The van der Waals surface area contributed by atoms with E-state index in [1.54, 1.807) is 23.3 Å². The van der Waals surface area contributed by atoms with Crippen molar-refractivity contribution >= 4 is 28.3 Å². The van der Waals surface area contributed by atoms with Crippen LogP contribution in [0.4, 0.5) is 10.1 Å². The fourth-order valence-electron chi connectivity index (χ4n) is 4.91. The van der Waals surface area contributed by atoms with E-state index in [-0.39, 0.29) is 12.2 Å². The standard InChI is InChI=1S/C25H29ClFN7O/c1-16-12-18(17-3-8-33(9-4-17)10-5-27)13-21-23(16)32-24(31-21)22-20(2-6-29-25(22)35)28-7-11-34-15-19(26)14-30-34/h2,6,12-15,17H,3-5,7-11H2,1H3,(H,31,32)(H2,28,29,35). The number of aromatic amines is 2. The Morgan fingerprint density at radius 3 is 2.83 bits per heavy atom. The van der Waals surface area contributed by atoms with Crippen molar-refractivity contribution in [1.82, 2.24) is 29.6 Å². The zero-order valence-corrected chi connectivity index (χ0v) is 20.4. The molecule has 4 heterocycles. The van der Waals surface area contributed by atoms with Crippen molar-refractivity contribution in [2.45, 2.75) is 32.2 Å². The number of alkyl halides is 1. The third-order valence-corrected chi connectivity index (χ3v) is 6.91. The molecule has 1 fully saturated rings. The molecule has 184 valence electrons. The zero-order chi connectivity index (χ0) is 24.4. The smallest absolute Gasteiger partial charge is 0.261 e. The van der Waals surface area contributed by atoms with Crippen LogP contribution < -0.4 is 10.9 Å². The second-order valence-electron chi connectivity index (χ2n) is 9.07. The Morgan fingerprint density at radius 2 is 2.09 bits per heavy atom. The quantitative estimate of drug-likeness (QED) is 0.336. The first kappa shape index (κ1) is 23.6. The SMILES string of the molecule is Cc1cc(C2CCN(CCF)CC2)cc2[nH]c(-c3c(NCCn4cc(Cl)cn4)cc[nH]c3=O)nc12. The lowest BCUT2D eigenvalue weighted by atomic mass is 9.88. The van der Waals surface area contributed by atoms with Gasteiger partial charge in [0.25, 0.3) is 5.56 Å². The van der Waals surface area contributed by atoms with E-state index in [1.807, 2.05) is 6.07 Å². The van der Waals surface area contributed by atoms with Gasteiger partial charge in [0.2, 0.25) is 0 Å². The Balaban J connectivity index is 1.39. The number of hydrogen-bond donors (Lipinski definition) is 3. The van der Waals surface area contributed by atoms with Crippen molar-refractivity contribution in [3.63, 3.8) is 0 Å². The molecule has 0 radical (unpaired) electrons. The van der Waals surface area contributed by atoms with E-state index in [2.05, 4.69) is 44.3 Å². The largest absolute Gasteiger partial charge is 0.382 e. The van der Waals surface area contributed by atoms with E-state index in [4.69, 9.17) is 16.6 Å². The summed E-state index contributed by atoms with van der Waals surface area (Å²) >= 11 is 5.94. The number of likely N-dealkylation sites (tertiary alicyclic amines) is 1. The fraction of sp³-hybridized carbons (Fsp3) is 0.400. The van der Waals surface area contributed by atoms with E-state index in [0.29, 0.717) is 47.7 Å². The number of piperidine rings is 1. The predicted molar refractivity (Wildman–Crippen MR) is 137 cm³/mol. The molecule has 35 heavy (non-hydrogen) atoms. The number of fused-ring (bicyclic) bond motifs is 1. The summed E-state index contributed by atoms with van der Waals surface area (Å²) in [5, 5.41) is 8.10. The Bertz CT molecular complexity index is 1370. The maximum atomic E-state index is 12.8. The monoisotopic (exact) mass is 497 g/mol. The first-order chi connectivity index (χ1) is 17.0. The summed E-state index contributed by atoms with van der Waals surface area (Å²) in [7, 11) is 0. The number of benzene rings is 1. The van der Waals surface area contributed by atoms with Gasteiger partial charge in [0.1, 0.15) is 18.1 Å². The Labute approximate surface area is 207 Å². The third kappa shape index (κ3) is 5.11. The van der Waals surface area contributed by atoms with Gasteiger partial charge in [-0.3, -0.25) is 9.48 Å². The number of nitrogens with one attached hydrogen (secondary N) is 3. The second kappa shape index (κ2) is 10.2. The van der Waals surface area contributed by atoms with Gasteiger partial charge in [-0.1, -0.05) is 17.7 Å². The van der Waals surface area contributed by atoms with E-state index in [1.165, 1.54) is 5.56 Å². The van der Waals surface area contributed by atoms with Gasteiger partial charge in [-0.05, 0) is 62.0 Å². The van der Waals surface area contributed by atoms with Crippen LogP contribution in [-0.4, -0.2) is 62.5 Å². The molecule has 10 heteroatoms. The van der Waals surface area contributed by atoms with Gasteiger partial charge >= 0.3 is 0 Å². The first-order valence-corrected chi connectivity index (χ1v) is 12.3. The highest BCUT2D eigenvalue weighted by molar-refractivity contribution is 6.30. The number of halogens is 2.